The third-order valence-corrected chi connectivity index (χ3v) is 5.06. The number of pyridine rings is 1. The minimum absolute atomic E-state index is 0. The third-order valence-electron chi connectivity index (χ3n) is 5.06. The van der Waals surface area contributed by atoms with Gasteiger partial charge in [-0.25, -0.2) is 4.98 Å². The van der Waals surface area contributed by atoms with Crippen LogP contribution in [0.1, 0.15) is 22.4 Å². The van der Waals surface area contributed by atoms with Gasteiger partial charge in [-0.05, 0) is 49.3 Å². The zero-order valence-electron chi connectivity index (χ0n) is 17.9. The fraction of sp³-hybridized carbons (Fsp3) is 0.208. The van der Waals surface area contributed by atoms with Crippen LogP contribution in [0.3, 0.4) is 0 Å². The second kappa shape index (κ2) is 11.1. The molecule has 0 fully saturated rings. The maximum absolute atomic E-state index is 10.3. The van der Waals surface area contributed by atoms with Gasteiger partial charge in [0.25, 0.3) is 0 Å². The molecular formula is C24H20N2NaO5-. The molecule has 32 heavy (non-hydrogen) atoms. The molecule has 8 heteroatoms. The summed E-state index contributed by atoms with van der Waals surface area (Å²) in [4.78, 5) is 18.8. The molecule has 0 aliphatic carbocycles. The fourth-order valence-corrected chi connectivity index (χ4v) is 3.67. The Bertz CT molecular complexity index is 1120. The number of hydrogen-bond donors (Lipinski definition) is 1. The number of hydrogen-bond acceptors (Lipinski definition) is 7. The molecule has 3 aromatic rings. The van der Waals surface area contributed by atoms with Gasteiger partial charge in [-0.3, -0.25) is 0 Å². The third kappa shape index (κ3) is 5.30. The van der Waals surface area contributed by atoms with E-state index in [0.717, 1.165) is 34.4 Å². The molecule has 0 bridgehead atoms. The minimum Gasteiger partial charge on any atom is -0.557 e. The average Bonchev–Trinajstić information content (AvgIpc) is 3.28. The SMILES string of the molecule is Cc1cc(OC[C-]=NO[C-]=O)c2c(c1Cc1ccc(O)c(-c3ccccc3)n1)CCO2.[Na+]. The summed E-state index contributed by atoms with van der Waals surface area (Å²) in [5.41, 5.74) is 5.54. The molecule has 0 unspecified atom stereocenters. The van der Waals surface area contributed by atoms with E-state index in [-0.39, 0.29) is 41.9 Å². The summed E-state index contributed by atoms with van der Waals surface area (Å²) in [6.07, 6.45) is 3.83. The molecule has 158 valence electrons. The van der Waals surface area contributed by atoms with Crippen molar-refractivity contribution in [1.82, 2.24) is 4.98 Å². The van der Waals surface area contributed by atoms with Crippen LogP contribution in [0, 0.1) is 6.92 Å². The summed E-state index contributed by atoms with van der Waals surface area (Å²) < 4.78 is 11.5. The van der Waals surface area contributed by atoms with Gasteiger partial charge < -0.3 is 35.6 Å². The molecule has 2 aromatic carbocycles. The minimum atomic E-state index is 0. The van der Waals surface area contributed by atoms with Crippen LogP contribution in [0.2, 0.25) is 0 Å². The Balaban J connectivity index is 0.00000289. The maximum Gasteiger partial charge on any atom is 1.00 e. The number of rotatable bonds is 8. The fourth-order valence-electron chi connectivity index (χ4n) is 3.67. The number of aromatic nitrogens is 1. The number of aryl methyl sites for hydroxylation is 1. The van der Waals surface area contributed by atoms with Crippen molar-refractivity contribution in [3.63, 3.8) is 0 Å². The van der Waals surface area contributed by atoms with E-state index >= 15 is 0 Å². The maximum atomic E-state index is 10.3. The Morgan fingerprint density at radius 1 is 1.22 bits per heavy atom. The van der Waals surface area contributed by atoms with Gasteiger partial charge in [0.05, 0.1) is 6.61 Å². The van der Waals surface area contributed by atoms with E-state index in [4.69, 9.17) is 14.5 Å². The van der Waals surface area contributed by atoms with Crippen LogP contribution in [-0.2, 0) is 22.5 Å². The number of aromatic hydroxyl groups is 1. The van der Waals surface area contributed by atoms with E-state index in [1.165, 1.54) is 6.47 Å². The first-order valence-electron chi connectivity index (χ1n) is 9.78. The zero-order valence-corrected chi connectivity index (χ0v) is 19.9. The van der Waals surface area contributed by atoms with E-state index in [1.807, 2.05) is 49.4 Å². The Kier molecular flexibility index (Phi) is 8.27. The molecule has 1 aromatic heterocycles. The van der Waals surface area contributed by atoms with Gasteiger partial charge in [-0.15, -0.1) is 0 Å². The first kappa shape index (κ1) is 23.8. The van der Waals surface area contributed by atoms with Crippen LogP contribution in [0.5, 0.6) is 17.2 Å². The number of benzene rings is 2. The molecule has 1 N–H and O–H groups in total. The molecule has 0 saturated heterocycles. The average molecular weight is 439 g/mol. The molecule has 1 aliphatic heterocycles. The van der Waals surface area contributed by atoms with E-state index < -0.39 is 0 Å². The van der Waals surface area contributed by atoms with Crippen LogP contribution >= 0.6 is 0 Å². The van der Waals surface area contributed by atoms with Crippen LogP contribution in [0.25, 0.3) is 11.3 Å². The van der Waals surface area contributed by atoms with Gasteiger partial charge >= 0.3 is 29.6 Å². The van der Waals surface area contributed by atoms with Crippen molar-refractivity contribution < 1.29 is 53.8 Å². The molecule has 0 atom stereocenters. The van der Waals surface area contributed by atoms with Crippen molar-refractivity contribution in [2.24, 2.45) is 5.16 Å². The molecule has 7 nitrogen and oxygen atoms in total. The molecule has 1 aliphatic rings. The number of fused-ring (bicyclic) bond motifs is 1. The Hall–Kier alpha value is -2.87. The summed E-state index contributed by atoms with van der Waals surface area (Å²) in [6.45, 7) is 3.78. The molecule has 4 rings (SSSR count). The van der Waals surface area contributed by atoms with Gasteiger partial charge in [0.1, 0.15) is 11.4 Å². The van der Waals surface area contributed by atoms with Gasteiger partial charge in [0, 0.05) is 29.7 Å². The van der Waals surface area contributed by atoms with E-state index in [2.05, 4.69) is 16.2 Å². The van der Waals surface area contributed by atoms with Crippen LogP contribution in [0.15, 0.2) is 53.7 Å². The summed E-state index contributed by atoms with van der Waals surface area (Å²) in [7, 11) is 0. The van der Waals surface area contributed by atoms with Crippen LogP contribution in [-0.4, -0.2) is 36.0 Å². The molecule has 0 spiro atoms. The predicted molar refractivity (Wildman–Crippen MR) is 114 cm³/mol. The second-order valence-corrected chi connectivity index (χ2v) is 7.00. The van der Waals surface area contributed by atoms with E-state index in [0.29, 0.717) is 30.2 Å². The van der Waals surface area contributed by atoms with E-state index in [9.17, 15) is 9.90 Å². The Labute approximate surface area is 208 Å². The Morgan fingerprint density at radius 3 is 2.81 bits per heavy atom. The van der Waals surface area contributed by atoms with Crippen molar-refractivity contribution >= 4 is 12.7 Å². The van der Waals surface area contributed by atoms with Gasteiger partial charge in [-0.2, -0.15) is 0 Å². The summed E-state index contributed by atoms with van der Waals surface area (Å²) in [5, 5.41) is 13.6. The number of ether oxygens (including phenoxy) is 2. The van der Waals surface area contributed by atoms with Crippen LogP contribution in [0.4, 0.5) is 0 Å². The first-order valence-corrected chi connectivity index (χ1v) is 9.78. The molecule has 0 saturated carbocycles. The summed E-state index contributed by atoms with van der Waals surface area (Å²) in [5.74, 6) is 1.44. The van der Waals surface area contributed by atoms with Crippen molar-refractivity contribution in [2.75, 3.05) is 13.2 Å². The van der Waals surface area contributed by atoms with Crippen molar-refractivity contribution in [2.45, 2.75) is 19.8 Å². The van der Waals surface area contributed by atoms with Gasteiger partial charge in [0.2, 0.25) is 0 Å². The Morgan fingerprint density at radius 2 is 2.03 bits per heavy atom. The number of carbonyl (C=O) groups excluding carboxylic acids is 1. The quantitative estimate of drug-likeness (QED) is 0.182. The predicted octanol–water partition coefficient (Wildman–Crippen LogP) is 0.618. The zero-order chi connectivity index (χ0) is 21.6. The second-order valence-electron chi connectivity index (χ2n) is 7.00. The smallest absolute Gasteiger partial charge is 0.557 e. The molecule has 0 amide bonds. The molecule has 2 heterocycles. The van der Waals surface area contributed by atoms with Crippen molar-refractivity contribution in [3.05, 3.63) is 70.9 Å². The normalized spacial score (nSPS) is 12.0. The topological polar surface area (TPSA) is 90.2 Å². The monoisotopic (exact) mass is 439 g/mol. The molecular weight excluding hydrogens is 419 g/mol. The molecule has 0 radical (unpaired) electrons. The van der Waals surface area contributed by atoms with Crippen LogP contribution < -0.4 is 39.0 Å². The van der Waals surface area contributed by atoms with Crippen molar-refractivity contribution in [3.8, 4) is 28.5 Å². The number of nitrogens with zero attached hydrogens (tertiary/aromatic N) is 2. The first-order chi connectivity index (χ1) is 15.2. The van der Waals surface area contributed by atoms with E-state index in [1.54, 1.807) is 6.07 Å². The summed E-state index contributed by atoms with van der Waals surface area (Å²) in [6, 6.07) is 15.0. The van der Waals surface area contributed by atoms with Gasteiger partial charge in [0.15, 0.2) is 11.5 Å². The van der Waals surface area contributed by atoms with Crippen molar-refractivity contribution in [1.29, 1.82) is 0 Å². The van der Waals surface area contributed by atoms with Gasteiger partial charge in [-0.1, -0.05) is 30.3 Å². The largest absolute Gasteiger partial charge is 1.00 e. The summed E-state index contributed by atoms with van der Waals surface area (Å²) >= 11 is 0. The standard InChI is InChI=1S/C24H20N2O5.Na/c1-16-13-22(29-12-10-25-31-15-27)24-19(9-11-30-24)20(16)14-18-7-8-21(28)23(26-18)17-5-3-2-4-6-17;/h2-8,13,28H,9,11-12,14H2,1H3;/q-2;+1.